The molecule has 16 bridgehead atoms. The average Bonchev–Trinajstić information content (AvgIpc) is 1.19. The van der Waals surface area contributed by atoms with Crippen molar-refractivity contribution in [2.24, 2.45) is 71.0 Å². The molecule has 108 heavy (non-hydrogen) atoms. The van der Waals surface area contributed by atoms with Crippen LogP contribution in [0.3, 0.4) is 0 Å². The zero-order chi connectivity index (χ0) is 71.3. The van der Waals surface area contributed by atoms with Crippen LogP contribution in [0.1, 0.15) is 199 Å². The molecule has 0 atom stereocenters. The molecule has 0 amide bonds. The van der Waals surface area contributed by atoms with Gasteiger partial charge in [-0.25, -0.2) is 19.9 Å². The zero-order valence-corrected chi connectivity index (χ0v) is 66.4. The van der Waals surface area contributed by atoms with Crippen molar-refractivity contribution in [3.05, 3.63) is 201 Å². The van der Waals surface area contributed by atoms with Gasteiger partial charge in [0.15, 0.2) is 0 Å². The summed E-state index contributed by atoms with van der Waals surface area (Å²) in [5, 5.41) is 12.0. The van der Waals surface area contributed by atoms with Gasteiger partial charge in [-0.05, 0) is 357 Å². The van der Waals surface area contributed by atoms with E-state index in [-0.39, 0.29) is 21.7 Å². The van der Waals surface area contributed by atoms with E-state index in [2.05, 4.69) is 203 Å². The van der Waals surface area contributed by atoms with Crippen molar-refractivity contribution in [1.29, 1.82) is 0 Å². The van der Waals surface area contributed by atoms with Gasteiger partial charge in [-0.15, -0.1) is 45.3 Å². The first-order chi connectivity index (χ1) is 52.8. The Hall–Kier alpha value is -7.48. The Morgan fingerprint density at radius 3 is 0.583 bits per heavy atom. The van der Waals surface area contributed by atoms with Crippen molar-refractivity contribution in [2.75, 3.05) is 19.6 Å². The topological polar surface area (TPSA) is 64.5 Å². The third-order valence-electron chi connectivity index (χ3n) is 31.6. The molecular weight excluding hydrogens is 1390 g/mol. The summed E-state index contributed by atoms with van der Waals surface area (Å²) < 4.78 is 0. The highest BCUT2D eigenvalue weighted by Crippen LogP contribution is 2.67. The van der Waals surface area contributed by atoms with Crippen LogP contribution >= 0.6 is 45.3 Å². The molecule has 0 N–H and O–H groups in total. The molecule has 8 aromatic carbocycles. The minimum absolute atomic E-state index is 0.274. The molecule has 12 heteroatoms. The molecule has 0 radical (unpaired) electrons. The summed E-state index contributed by atoms with van der Waals surface area (Å²) in [5.74, 6) is 10.4. The summed E-state index contributed by atoms with van der Waals surface area (Å²) in [6, 6.07) is 55.8. The van der Waals surface area contributed by atoms with Crippen LogP contribution in [0.5, 0.6) is 0 Å². The Kier molecular flexibility index (Phi) is 14.5. The summed E-state index contributed by atoms with van der Waals surface area (Å²) >= 11 is 7.06. The summed E-state index contributed by atoms with van der Waals surface area (Å²) in [6.45, 7) is 8.92. The highest BCUT2D eigenvalue weighted by molar-refractivity contribution is 7.15. The Balaban J connectivity index is 0.767. The quantitative estimate of drug-likeness (QED) is 0.0887. The van der Waals surface area contributed by atoms with Gasteiger partial charge < -0.3 is 0 Å². The smallest absolute Gasteiger partial charge is 0.123 e. The number of hydrogen-bond donors (Lipinski definition) is 0. The van der Waals surface area contributed by atoms with Gasteiger partial charge in [-0.2, -0.15) is 0 Å². The molecule has 8 nitrogen and oxygen atoms in total. The number of hydrogen-bond acceptors (Lipinski definition) is 12. The largest absolute Gasteiger partial charge is 0.300 e. The Morgan fingerprint density at radius 1 is 0.250 bits per heavy atom. The third-order valence-corrected chi connectivity index (χ3v) is 35.2. The second-order valence-corrected chi connectivity index (χ2v) is 41.5. The van der Waals surface area contributed by atoms with Crippen LogP contribution in [0.25, 0.3) is 32.3 Å². The summed E-state index contributed by atoms with van der Waals surface area (Å²) in [4.78, 5) is 31.1. The number of aromatic nitrogens is 4. The molecule has 0 unspecified atom stereocenters. The van der Waals surface area contributed by atoms with Gasteiger partial charge in [0.2, 0.25) is 0 Å². The fraction of sp³-hybridized carbons (Fsp3) is 0.458. The van der Waals surface area contributed by atoms with E-state index in [0.29, 0.717) is 0 Å². The fourth-order valence-corrected chi connectivity index (χ4v) is 32.2. The van der Waals surface area contributed by atoms with Crippen molar-refractivity contribution in [3.63, 3.8) is 0 Å². The van der Waals surface area contributed by atoms with Crippen LogP contribution in [-0.4, -0.2) is 19.9 Å². The summed E-state index contributed by atoms with van der Waals surface area (Å²) in [7, 11) is 0. The molecular formula is C96H98N8S4. The van der Waals surface area contributed by atoms with E-state index >= 15 is 0 Å². The van der Waals surface area contributed by atoms with Crippen LogP contribution in [0, 0.1) is 98.7 Å². The minimum atomic E-state index is 0.274. The molecule has 4 aromatic heterocycles. The molecule has 0 saturated heterocycles. The van der Waals surface area contributed by atoms with Crippen molar-refractivity contribution in [2.45, 2.75) is 203 Å². The van der Waals surface area contributed by atoms with Gasteiger partial charge in [0.25, 0.3) is 0 Å². The predicted octanol–water partition coefficient (Wildman–Crippen LogP) is 27.4. The monoisotopic (exact) mass is 1490 g/mol. The lowest BCUT2D eigenvalue weighted by atomic mass is 9.48. The van der Waals surface area contributed by atoms with E-state index < -0.39 is 0 Å². The molecule has 16 aliphatic rings. The Bertz CT molecular complexity index is 4730. The molecule has 16 saturated carbocycles. The second-order valence-electron chi connectivity index (χ2n) is 38.2. The van der Waals surface area contributed by atoms with Crippen LogP contribution < -0.4 is 19.6 Å². The molecule has 4 heterocycles. The number of benzene rings is 8. The van der Waals surface area contributed by atoms with Crippen molar-refractivity contribution >= 4 is 143 Å². The van der Waals surface area contributed by atoms with E-state index in [0.717, 1.165) is 137 Å². The lowest BCUT2D eigenvalue weighted by Crippen LogP contribution is -2.48. The second kappa shape index (κ2) is 24.0. The summed E-state index contributed by atoms with van der Waals surface area (Å²) in [5.41, 5.74) is 29.0. The van der Waals surface area contributed by atoms with Gasteiger partial charge >= 0.3 is 0 Å². The van der Waals surface area contributed by atoms with E-state index in [4.69, 9.17) is 19.9 Å². The maximum atomic E-state index is 5.15. The predicted molar refractivity (Wildman–Crippen MR) is 450 cm³/mol. The Morgan fingerprint density at radius 2 is 0.426 bits per heavy atom. The molecule has 546 valence electrons. The maximum absolute atomic E-state index is 5.15. The third kappa shape index (κ3) is 9.97. The highest BCUT2D eigenvalue weighted by atomic mass is 32.1. The van der Waals surface area contributed by atoms with Crippen LogP contribution in [0.4, 0.5) is 65.5 Å². The fourth-order valence-electron chi connectivity index (χ4n) is 28.9. The van der Waals surface area contributed by atoms with E-state index in [1.807, 2.05) is 0 Å². The normalized spacial score (nSPS) is 32.1. The number of nitrogens with zero attached hydrogens (tertiary/aromatic N) is 8. The van der Waals surface area contributed by atoms with Crippen molar-refractivity contribution in [1.82, 2.24) is 19.9 Å². The van der Waals surface area contributed by atoms with Gasteiger partial charge in [0.05, 0.1) is 67.6 Å². The average molecular weight is 1490 g/mol. The van der Waals surface area contributed by atoms with Crippen molar-refractivity contribution in [3.8, 4) is 0 Å². The zero-order valence-electron chi connectivity index (χ0n) is 63.1. The minimum Gasteiger partial charge on any atom is -0.300 e. The maximum Gasteiger partial charge on any atom is 0.123 e. The first-order valence-electron chi connectivity index (χ1n) is 41.8. The lowest BCUT2D eigenvalue weighted by Gasteiger charge is -2.57. The molecule has 28 rings (SSSR count). The van der Waals surface area contributed by atoms with Gasteiger partial charge in [-0.1, -0.05) is 72.8 Å². The highest BCUT2D eigenvalue weighted by Gasteiger charge is 2.56. The van der Waals surface area contributed by atoms with Gasteiger partial charge in [0, 0.05) is 55.1 Å². The van der Waals surface area contributed by atoms with Gasteiger partial charge in [0.1, 0.15) is 20.0 Å². The number of thiazole rings is 4. The molecule has 0 aliphatic heterocycles. The van der Waals surface area contributed by atoms with E-state index in [1.165, 1.54) is 209 Å². The van der Waals surface area contributed by atoms with Crippen LogP contribution in [-0.2, 0) is 21.7 Å². The van der Waals surface area contributed by atoms with E-state index in [9.17, 15) is 0 Å². The molecule has 12 aromatic rings. The van der Waals surface area contributed by atoms with Crippen LogP contribution in [0.15, 0.2) is 156 Å². The van der Waals surface area contributed by atoms with Gasteiger partial charge in [-0.3, -0.25) is 19.6 Å². The first kappa shape index (κ1) is 65.3. The molecule has 16 fully saturated rings. The van der Waals surface area contributed by atoms with Crippen LogP contribution in [0.2, 0.25) is 0 Å². The molecule has 0 spiro atoms. The number of aryl methyl sites for hydroxylation is 4. The summed E-state index contributed by atoms with van der Waals surface area (Å²) in [6.07, 6.45) is 33.4. The SMILES string of the molecule is Cc1ncsc1N(c1ccc(C23CC4CC(CC(C4)C2)C3)cc1)c1cc(N(c2ccc(C34CC5CC(CC(C5)C3)C4)cc2)c2scnc2C)c2ccc3c(N(c4ccc(C56CC7CC(CC(C7)C5)C6)cc4)c4scnc4C)cc(N(c4ccc(C56CC7CC(CC(C7)C5)C6)cc4)c4scnc4C)c4ccc1c2c43. The van der Waals surface area contributed by atoms with E-state index in [1.54, 1.807) is 67.6 Å². The number of anilines is 12. The Labute approximate surface area is 652 Å². The molecule has 16 aliphatic carbocycles. The van der Waals surface area contributed by atoms with Crippen molar-refractivity contribution < 1.29 is 0 Å². The lowest BCUT2D eigenvalue weighted by molar-refractivity contribution is -0.00530. The standard InChI is InChI=1S/C96H98N8S4/c1-55-89(105-51-97-55)101(75-13-5-71(6-14-75)93-39-59-25-60(40-93)27-61(26-59)41-93)83-37-84(102(90-56(2)98-52-106-90)76-15-7-72(8-16-76)94-42-62-28-63(43-94)30-64(29-62)44-94)80-23-24-82-86(104(92-58(4)100-54-108-92)78-19-11-74(12-20-78)96-48-68-34-69(49-96)36-70(35-68)50-96)38-85(81-22-21-79(83)87(80)88(81)82)103(91-57(3)99-53-107-91)77-17-9-73(10-18-77)95-45-65-31-66(46-95)33-67(32-65)47-95/h5-24,37-38,51-54,59-70H,25-36,39-50H2,1-4H3. The first-order valence-corrected chi connectivity index (χ1v) is 45.3. The number of rotatable bonds is 16.